The van der Waals surface area contributed by atoms with E-state index in [1.165, 1.54) is 24.3 Å². The molecule has 0 saturated heterocycles. The molecule has 0 radical (unpaired) electrons. The molecule has 0 heterocycles. The molecule has 0 aliphatic heterocycles. The maximum atomic E-state index is 14.2. The van der Waals surface area contributed by atoms with Crippen molar-refractivity contribution in [3.05, 3.63) is 66.5 Å². The zero-order valence-corrected chi connectivity index (χ0v) is 11.3. The van der Waals surface area contributed by atoms with Crippen LogP contribution in [-0.4, -0.2) is 16.2 Å². The van der Waals surface area contributed by atoms with Crippen LogP contribution in [0.5, 0.6) is 5.75 Å². The van der Waals surface area contributed by atoms with Crippen LogP contribution in [0.15, 0.2) is 55.1 Å². The Kier molecular flexibility index (Phi) is 4.38. The minimum Gasteiger partial charge on any atom is -0.508 e. The summed E-state index contributed by atoms with van der Waals surface area (Å²) in [5.41, 5.74) is 1.39. The van der Waals surface area contributed by atoms with Crippen molar-refractivity contribution in [2.24, 2.45) is 0 Å². The van der Waals surface area contributed by atoms with E-state index in [9.17, 15) is 14.3 Å². The lowest BCUT2D eigenvalue weighted by molar-refractivity contribution is -0.138. The Labute approximate surface area is 122 Å². The smallest absolute Gasteiger partial charge is 0.311 e. The SMILES string of the molecule is C=CCC(C(=O)O)c1ccc(-c2ccc(O)cc2)c(F)c1. The third-order valence-corrected chi connectivity index (χ3v) is 3.27. The minimum atomic E-state index is -1.01. The molecule has 2 N–H and O–H groups in total. The maximum absolute atomic E-state index is 14.2. The second-order valence-corrected chi connectivity index (χ2v) is 4.70. The number of hydrogen-bond donors (Lipinski definition) is 2. The van der Waals surface area contributed by atoms with Gasteiger partial charge in [-0.05, 0) is 35.7 Å². The molecule has 0 aliphatic rings. The summed E-state index contributed by atoms with van der Waals surface area (Å²) < 4.78 is 14.2. The molecule has 0 aromatic heterocycles. The quantitative estimate of drug-likeness (QED) is 0.818. The standard InChI is InChI=1S/C17H15FO3/c1-2-3-15(17(20)21)12-6-9-14(16(18)10-12)11-4-7-13(19)8-5-11/h2,4-10,15,19H,1,3H2,(H,20,21). The van der Waals surface area contributed by atoms with Gasteiger partial charge in [0.25, 0.3) is 0 Å². The molecule has 0 amide bonds. The van der Waals surface area contributed by atoms with Gasteiger partial charge >= 0.3 is 5.97 Å². The lowest BCUT2D eigenvalue weighted by Crippen LogP contribution is -2.11. The monoisotopic (exact) mass is 286 g/mol. The van der Waals surface area contributed by atoms with Crippen molar-refractivity contribution in [1.82, 2.24) is 0 Å². The molecule has 21 heavy (non-hydrogen) atoms. The van der Waals surface area contributed by atoms with Crippen LogP contribution in [0, 0.1) is 5.82 Å². The molecular formula is C17H15FO3. The van der Waals surface area contributed by atoms with Crippen molar-refractivity contribution in [1.29, 1.82) is 0 Å². The number of aliphatic carboxylic acids is 1. The molecule has 0 spiro atoms. The van der Waals surface area contributed by atoms with Gasteiger partial charge in [0.05, 0.1) is 5.92 Å². The Balaban J connectivity index is 2.39. The minimum absolute atomic E-state index is 0.104. The number of aromatic hydroxyl groups is 1. The van der Waals surface area contributed by atoms with Crippen molar-refractivity contribution in [2.45, 2.75) is 12.3 Å². The molecule has 0 aliphatic carbocycles. The highest BCUT2D eigenvalue weighted by molar-refractivity contribution is 5.77. The third kappa shape index (κ3) is 3.28. The van der Waals surface area contributed by atoms with E-state index < -0.39 is 17.7 Å². The van der Waals surface area contributed by atoms with E-state index in [-0.39, 0.29) is 12.2 Å². The number of benzene rings is 2. The Bertz CT molecular complexity index is 662. The Hall–Kier alpha value is -2.62. The predicted molar refractivity (Wildman–Crippen MR) is 78.7 cm³/mol. The number of carbonyl (C=O) groups is 1. The summed E-state index contributed by atoms with van der Waals surface area (Å²) in [6.07, 6.45) is 1.75. The van der Waals surface area contributed by atoms with E-state index in [0.29, 0.717) is 16.7 Å². The van der Waals surface area contributed by atoms with E-state index in [1.54, 1.807) is 24.3 Å². The van der Waals surface area contributed by atoms with Gasteiger partial charge in [-0.1, -0.05) is 30.3 Å². The van der Waals surface area contributed by atoms with Gasteiger partial charge < -0.3 is 10.2 Å². The second kappa shape index (κ2) is 6.22. The highest BCUT2D eigenvalue weighted by Gasteiger charge is 2.19. The maximum Gasteiger partial charge on any atom is 0.311 e. The summed E-state index contributed by atoms with van der Waals surface area (Å²) in [5.74, 6) is -2.20. The molecule has 0 bridgehead atoms. The van der Waals surface area contributed by atoms with E-state index in [1.807, 2.05) is 0 Å². The average molecular weight is 286 g/mol. The van der Waals surface area contributed by atoms with E-state index >= 15 is 0 Å². The summed E-state index contributed by atoms with van der Waals surface area (Å²) in [4.78, 5) is 11.2. The molecule has 108 valence electrons. The zero-order valence-electron chi connectivity index (χ0n) is 11.3. The van der Waals surface area contributed by atoms with Gasteiger partial charge in [-0.2, -0.15) is 0 Å². The molecule has 1 atom stereocenters. The molecule has 0 saturated carbocycles. The van der Waals surface area contributed by atoms with Crippen molar-refractivity contribution in [3.8, 4) is 16.9 Å². The van der Waals surface area contributed by atoms with Crippen molar-refractivity contribution < 1.29 is 19.4 Å². The summed E-state index contributed by atoms with van der Waals surface area (Å²) in [5, 5.41) is 18.4. The summed E-state index contributed by atoms with van der Waals surface area (Å²) in [6.45, 7) is 3.52. The number of allylic oxidation sites excluding steroid dienone is 1. The normalized spacial score (nSPS) is 11.9. The lowest BCUT2D eigenvalue weighted by Gasteiger charge is -2.12. The number of carboxylic acids is 1. The average Bonchev–Trinajstić information content (AvgIpc) is 2.45. The first-order valence-corrected chi connectivity index (χ1v) is 6.45. The highest BCUT2D eigenvalue weighted by atomic mass is 19.1. The summed E-state index contributed by atoms with van der Waals surface area (Å²) in [6, 6.07) is 10.5. The molecule has 0 fully saturated rings. The van der Waals surface area contributed by atoms with E-state index in [4.69, 9.17) is 5.11 Å². The van der Waals surface area contributed by atoms with Crippen molar-refractivity contribution in [2.75, 3.05) is 0 Å². The molecule has 2 aromatic carbocycles. The van der Waals surface area contributed by atoms with Crippen LogP contribution < -0.4 is 0 Å². The summed E-state index contributed by atoms with van der Waals surface area (Å²) in [7, 11) is 0. The molecule has 3 nitrogen and oxygen atoms in total. The lowest BCUT2D eigenvalue weighted by atomic mass is 9.93. The molecule has 2 aromatic rings. The second-order valence-electron chi connectivity index (χ2n) is 4.70. The van der Waals surface area contributed by atoms with Gasteiger partial charge in [-0.3, -0.25) is 4.79 Å². The topological polar surface area (TPSA) is 57.5 Å². The van der Waals surface area contributed by atoms with Gasteiger partial charge in [0, 0.05) is 5.56 Å². The first-order chi connectivity index (χ1) is 10.0. The Morgan fingerprint density at radius 1 is 1.24 bits per heavy atom. The van der Waals surface area contributed by atoms with Crippen molar-refractivity contribution >= 4 is 5.97 Å². The van der Waals surface area contributed by atoms with Crippen molar-refractivity contribution in [3.63, 3.8) is 0 Å². The first kappa shape index (κ1) is 14.8. The Morgan fingerprint density at radius 3 is 2.43 bits per heavy atom. The fraction of sp³-hybridized carbons (Fsp3) is 0.118. The fourth-order valence-electron chi connectivity index (χ4n) is 2.17. The first-order valence-electron chi connectivity index (χ1n) is 6.45. The van der Waals surface area contributed by atoms with Crippen LogP contribution in [-0.2, 0) is 4.79 Å². The van der Waals surface area contributed by atoms with E-state index in [0.717, 1.165) is 0 Å². The molecule has 2 rings (SSSR count). The van der Waals surface area contributed by atoms with Crippen LogP contribution in [0.3, 0.4) is 0 Å². The van der Waals surface area contributed by atoms with Crippen LogP contribution in [0.4, 0.5) is 4.39 Å². The molecular weight excluding hydrogens is 271 g/mol. The number of halogens is 1. The number of phenolic OH excluding ortho intramolecular Hbond substituents is 1. The van der Waals surface area contributed by atoms with Crippen LogP contribution in [0.1, 0.15) is 17.9 Å². The Morgan fingerprint density at radius 2 is 1.90 bits per heavy atom. The van der Waals surface area contributed by atoms with Gasteiger partial charge in [0.2, 0.25) is 0 Å². The van der Waals surface area contributed by atoms with Crippen LogP contribution in [0.25, 0.3) is 11.1 Å². The molecule has 1 unspecified atom stereocenters. The van der Waals surface area contributed by atoms with E-state index in [2.05, 4.69) is 6.58 Å². The summed E-state index contributed by atoms with van der Waals surface area (Å²) >= 11 is 0. The number of phenols is 1. The predicted octanol–water partition coefficient (Wildman–Crippen LogP) is 3.94. The number of hydrogen-bond acceptors (Lipinski definition) is 2. The number of rotatable bonds is 5. The molecule has 4 heteroatoms. The van der Waals surface area contributed by atoms with Gasteiger partial charge in [-0.25, -0.2) is 4.39 Å². The van der Waals surface area contributed by atoms with Gasteiger partial charge in [0.1, 0.15) is 11.6 Å². The largest absolute Gasteiger partial charge is 0.508 e. The fourth-order valence-corrected chi connectivity index (χ4v) is 2.17. The van der Waals surface area contributed by atoms with Crippen LogP contribution in [0.2, 0.25) is 0 Å². The highest BCUT2D eigenvalue weighted by Crippen LogP contribution is 2.29. The third-order valence-electron chi connectivity index (χ3n) is 3.27. The number of carboxylic acid groups (broad SMARTS) is 1. The van der Waals surface area contributed by atoms with Crippen LogP contribution >= 0.6 is 0 Å². The zero-order chi connectivity index (χ0) is 15.4. The van der Waals surface area contributed by atoms with Gasteiger partial charge in [0.15, 0.2) is 0 Å². The van der Waals surface area contributed by atoms with Gasteiger partial charge in [-0.15, -0.1) is 6.58 Å².